The average molecular weight is 457 g/mol. The summed E-state index contributed by atoms with van der Waals surface area (Å²) in [5.41, 5.74) is 7.09. The zero-order valence-corrected chi connectivity index (χ0v) is 18.6. The summed E-state index contributed by atoms with van der Waals surface area (Å²) >= 11 is 0. The third-order valence-corrected chi connectivity index (χ3v) is 6.32. The number of aromatic nitrogens is 3. The molecule has 172 valence electrons. The number of benzene rings is 2. The minimum absolute atomic E-state index is 0.291. The van der Waals surface area contributed by atoms with Gasteiger partial charge < -0.3 is 0 Å². The van der Waals surface area contributed by atoms with Gasteiger partial charge in [-0.2, -0.15) is 0 Å². The molecule has 0 saturated carbocycles. The first kappa shape index (κ1) is 21.6. The Morgan fingerprint density at radius 1 is 0.912 bits per heavy atom. The number of hydrazine groups is 1. The van der Waals surface area contributed by atoms with Crippen LogP contribution in [0.1, 0.15) is 19.8 Å². The molecular weight excluding hydrogens is 432 g/mol. The molecule has 0 radical (unpaired) electrons. The molecule has 1 aliphatic carbocycles. The third-order valence-electron chi connectivity index (χ3n) is 6.32. The molecule has 34 heavy (non-hydrogen) atoms. The molecule has 0 bridgehead atoms. The minimum Gasteiger partial charge on any atom is -0.274 e. The van der Waals surface area contributed by atoms with Crippen LogP contribution in [0, 0.1) is 11.8 Å². The number of nitrogens with zero attached hydrogens (tertiary/aromatic N) is 4. The van der Waals surface area contributed by atoms with Crippen LogP contribution in [0.5, 0.6) is 0 Å². The first-order chi connectivity index (χ1) is 16.6. The molecule has 9 heteroatoms. The molecule has 2 heterocycles. The Morgan fingerprint density at radius 3 is 2.12 bits per heavy atom. The van der Waals surface area contributed by atoms with Crippen LogP contribution in [0.4, 0.5) is 5.95 Å². The molecule has 2 N–H and O–H groups in total. The molecule has 1 aromatic heterocycles. The van der Waals surface area contributed by atoms with Gasteiger partial charge in [0.05, 0.1) is 17.5 Å². The molecule has 1 fully saturated rings. The fourth-order valence-corrected chi connectivity index (χ4v) is 4.51. The molecule has 1 aliphatic heterocycles. The van der Waals surface area contributed by atoms with E-state index in [0.717, 1.165) is 16.2 Å². The largest absolute Gasteiger partial charge is 0.274 e. The number of para-hydroxylation sites is 1. The predicted octanol–water partition coefficient (Wildman–Crippen LogP) is 2.72. The number of fused-ring (bicyclic) bond motifs is 1. The highest BCUT2D eigenvalue weighted by atomic mass is 16.2. The maximum absolute atomic E-state index is 12.9. The topological polar surface area (TPSA) is 109 Å². The lowest BCUT2D eigenvalue weighted by Crippen LogP contribution is -2.49. The molecule has 2 aliphatic rings. The van der Waals surface area contributed by atoms with E-state index >= 15 is 0 Å². The highest BCUT2D eigenvalue weighted by Gasteiger charge is 2.50. The second-order valence-corrected chi connectivity index (χ2v) is 8.38. The standard InChI is InChI=1S/C25H24N6O3/c1-16(30-23(33)19-14-8-9-15-20(19)24(30)34)22(32)27-29-25-28-26-21(17-10-4-2-5-11-17)31(25)18-12-6-3-7-13-18/h2-13,16,19-20H,14-15H2,1H3,(H,27,32)(H,28,29)/t16-,19-,20+/m0/s1. The number of rotatable bonds is 6. The lowest BCUT2D eigenvalue weighted by molar-refractivity contribution is -0.147. The monoisotopic (exact) mass is 456 g/mol. The van der Waals surface area contributed by atoms with E-state index in [0.29, 0.717) is 24.6 Å². The molecular formula is C25H24N6O3. The smallest absolute Gasteiger partial charge is 0.261 e. The first-order valence-electron chi connectivity index (χ1n) is 11.2. The zero-order valence-electron chi connectivity index (χ0n) is 18.6. The van der Waals surface area contributed by atoms with Gasteiger partial charge in [-0.3, -0.25) is 34.7 Å². The second-order valence-electron chi connectivity index (χ2n) is 8.38. The summed E-state index contributed by atoms with van der Waals surface area (Å²) in [5.74, 6) is -0.968. The van der Waals surface area contributed by atoms with Gasteiger partial charge in [0.15, 0.2) is 5.82 Å². The van der Waals surface area contributed by atoms with Gasteiger partial charge in [0.25, 0.3) is 5.91 Å². The summed E-state index contributed by atoms with van der Waals surface area (Å²) in [6.07, 6.45) is 4.90. The Labute approximate surface area is 196 Å². The number of nitrogens with one attached hydrogen (secondary N) is 2. The van der Waals surface area contributed by atoms with Crippen molar-refractivity contribution in [2.75, 3.05) is 5.43 Å². The summed E-state index contributed by atoms with van der Waals surface area (Å²) in [5, 5.41) is 8.53. The fraction of sp³-hybridized carbons (Fsp3) is 0.240. The van der Waals surface area contributed by atoms with Crippen molar-refractivity contribution in [3.63, 3.8) is 0 Å². The number of hydrogen-bond acceptors (Lipinski definition) is 6. The van der Waals surface area contributed by atoms with E-state index < -0.39 is 11.9 Å². The van der Waals surface area contributed by atoms with Gasteiger partial charge in [0.2, 0.25) is 17.8 Å². The fourth-order valence-electron chi connectivity index (χ4n) is 4.51. The number of anilines is 1. The molecule has 1 saturated heterocycles. The van der Waals surface area contributed by atoms with E-state index in [4.69, 9.17) is 0 Å². The lowest BCUT2D eigenvalue weighted by atomic mass is 9.85. The van der Waals surface area contributed by atoms with Gasteiger partial charge >= 0.3 is 0 Å². The van der Waals surface area contributed by atoms with Crippen LogP contribution in [0.15, 0.2) is 72.8 Å². The molecule has 3 aromatic rings. The van der Waals surface area contributed by atoms with Crippen LogP contribution in [0.2, 0.25) is 0 Å². The van der Waals surface area contributed by atoms with Crippen molar-refractivity contribution in [2.45, 2.75) is 25.8 Å². The van der Waals surface area contributed by atoms with E-state index in [1.165, 1.54) is 0 Å². The Hall–Kier alpha value is -4.27. The zero-order chi connectivity index (χ0) is 23.7. The van der Waals surface area contributed by atoms with Crippen LogP contribution in [0.25, 0.3) is 17.1 Å². The van der Waals surface area contributed by atoms with Gasteiger partial charge in [0.1, 0.15) is 6.04 Å². The summed E-state index contributed by atoms with van der Waals surface area (Å²) in [7, 11) is 0. The maximum atomic E-state index is 12.9. The van der Waals surface area contributed by atoms with E-state index in [-0.39, 0.29) is 23.7 Å². The minimum atomic E-state index is -0.959. The van der Waals surface area contributed by atoms with E-state index in [9.17, 15) is 14.4 Å². The molecule has 2 aromatic carbocycles. The first-order valence-corrected chi connectivity index (χ1v) is 11.2. The van der Waals surface area contributed by atoms with E-state index in [1.807, 2.05) is 72.8 Å². The number of imide groups is 1. The number of carbonyl (C=O) groups excluding carboxylic acids is 3. The van der Waals surface area contributed by atoms with Gasteiger partial charge in [-0.05, 0) is 31.9 Å². The normalized spacial score (nSPS) is 20.2. The number of allylic oxidation sites excluding steroid dienone is 2. The summed E-state index contributed by atoms with van der Waals surface area (Å²) in [6.45, 7) is 1.55. The number of likely N-dealkylation sites (tertiary alicyclic amines) is 1. The highest BCUT2D eigenvalue weighted by molar-refractivity contribution is 6.08. The lowest BCUT2D eigenvalue weighted by Gasteiger charge is -2.22. The van der Waals surface area contributed by atoms with Crippen molar-refractivity contribution in [3.05, 3.63) is 72.8 Å². The van der Waals surface area contributed by atoms with E-state index in [1.54, 1.807) is 11.5 Å². The SMILES string of the molecule is C[C@@H](C(=O)NNc1nnc(-c2ccccc2)n1-c1ccccc1)N1C(=O)[C@H]2CC=CC[C@H]2C1=O. The Bertz CT molecular complexity index is 1230. The Morgan fingerprint density at radius 2 is 1.50 bits per heavy atom. The maximum Gasteiger partial charge on any atom is 0.261 e. The number of hydrogen-bond donors (Lipinski definition) is 2. The molecule has 9 nitrogen and oxygen atoms in total. The van der Waals surface area contributed by atoms with Crippen molar-refractivity contribution < 1.29 is 14.4 Å². The van der Waals surface area contributed by atoms with Gasteiger partial charge in [-0.1, -0.05) is 60.7 Å². The molecule has 0 spiro atoms. The molecule has 5 rings (SSSR count). The predicted molar refractivity (Wildman–Crippen MR) is 125 cm³/mol. The van der Waals surface area contributed by atoms with Crippen molar-refractivity contribution >= 4 is 23.7 Å². The van der Waals surface area contributed by atoms with Crippen LogP contribution in [0.3, 0.4) is 0 Å². The summed E-state index contributed by atoms with van der Waals surface area (Å²) in [6, 6.07) is 18.1. The quantitative estimate of drug-likeness (QED) is 0.335. The summed E-state index contributed by atoms with van der Waals surface area (Å²) < 4.78 is 1.78. The Kier molecular flexibility index (Phi) is 5.67. The molecule has 3 amide bonds. The van der Waals surface area contributed by atoms with E-state index in [2.05, 4.69) is 21.0 Å². The van der Waals surface area contributed by atoms with Crippen LogP contribution in [-0.4, -0.2) is 43.4 Å². The number of amides is 3. The van der Waals surface area contributed by atoms with Crippen molar-refractivity contribution in [1.29, 1.82) is 0 Å². The molecule has 0 unspecified atom stereocenters. The average Bonchev–Trinajstić information content (AvgIpc) is 3.42. The van der Waals surface area contributed by atoms with Gasteiger partial charge in [0, 0.05) is 5.56 Å². The van der Waals surface area contributed by atoms with Gasteiger partial charge in [-0.25, -0.2) is 0 Å². The van der Waals surface area contributed by atoms with Crippen LogP contribution >= 0.6 is 0 Å². The van der Waals surface area contributed by atoms with Crippen LogP contribution in [-0.2, 0) is 14.4 Å². The molecule has 3 atom stereocenters. The highest BCUT2D eigenvalue weighted by Crippen LogP contribution is 2.36. The van der Waals surface area contributed by atoms with Crippen LogP contribution < -0.4 is 10.9 Å². The van der Waals surface area contributed by atoms with Crippen molar-refractivity contribution in [3.8, 4) is 17.1 Å². The third kappa shape index (κ3) is 3.75. The van der Waals surface area contributed by atoms with Gasteiger partial charge in [-0.15, -0.1) is 10.2 Å². The van der Waals surface area contributed by atoms with Crippen molar-refractivity contribution in [2.24, 2.45) is 11.8 Å². The number of carbonyl (C=O) groups is 3. The van der Waals surface area contributed by atoms with Crippen molar-refractivity contribution in [1.82, 2.24) is 25.1 Å². The Balaban J connectivity index is 1.36. The second kappa shape index (κ2) is 8.93. The summed E-state index contributed by atoms with van der Waals surface area (Å²) in [4.78, 5) is 39.7.